The highest BCUT2D eigenvalue weighted by Crippen LogP contribution is 2.23. The van der Waals surface area contributed by atoms with Crippen molar-refractivity contribution in [3.63, 3.8) is 0 Å². The second kappa shape index (κ2) is 9.56. The fraction of sp³-hybridized carbons (Fsp3) is 0.500. The highest BCUT2D eigenvalue weighted by Gasteiger charge is 2.21. The molecule has 148 valence electrons. The molecule has 27 heavy (non-hydrogen) atoms. The molecular formula is C16H21ClF2N6O2. The van der Waals surface area contributed by atoms with Crippen molar-refractivity contribution < 1.29 is 18.3 Å². The van der Waals surface area contributed by atoms with Crippen LogP contribution in [0.1, 0.15) is 34.9 Å². The van der Waals surface area contributed by atoms with E-state index in [-0.39, 0.29) is 29.8 Å². The Kier molecular flexibility index (Phi) is 7.43. The van der Waals surface area contributed by atoms with Crippen LogP contribution in [0.2, 0.25) is 0 Å². The predicted molar refractivity (Wildman–Crippen MR) is 96.8 cm³/mol. The molecule has 1 aliphatic heterocycles. The molecular weight excluding hydrogens is 382 g/mol. The molecule has 0 atom stereocenters. The number of carbonyl (C=O) groups is 1. The molecule has 0 saturated carbocycles. The predicted octanol–water partition coefficient (Wildman–Crippen LogP) is 2.00. The van der Waals surface area contributed by atoms with Crippen molar-refractivity contribution in [2.45, 2.75) is 25.2 Å². The van der Waals surface area contributed by atoms with E-state index < -0.39 is 18.9 Å². The molecule has 1 fully saturated rings. The van der Waals surface area contributed by atoms with Crippen LogP contribution >= 0.6 is 12.4 Å². The summed E-state index contributed by atoms with van der Waals surface area (Å²) in [6, 6.07) is 2.82. The molecule has 1 amide bonds. The molecule has 2 aromatic heterocycles. The molecule has 0 unspecified atom stereocenters. The number of hydrogen-bond acceptors (Lipinski definition) is 6. The summed E-state index contributed by atoms with van der Waals surface area (Å²) >= 11 is 0. The molecule has 0 aliphatic carbocycles. The van der Waals surface area contributed by atoms with Crippen LogP contribution in [0.25, 0.3) is 0 Å². The van der Waals surface area contributed by atoms with Gasteiger partial charge < -0.3 is 10.1 Å². The van der Waals surface area contributed by atoms with Gasteiger partial charge >= 0.3 is 0 Å². The molecule has 11 heteroatoms. The minimum absolute atomic E-state index is 0. The monoisotopic (exact) mass is 402 g/mol. The Morgan fingerprint density at radius 1 is 1.41 bits per heavy atom. The van der Waals surface area contributed by atoms with Gasteiger partial charge in [-0.1, -0.05) is 0 Å². The first-order valence-electron chi connectivity index (χ1n) is 8.33. The Bertz CT molecular complexity index is 750. The third-order valence-electron chi connectivity index (χ3n) is 4.06. The fourth-order valence-electron chi connectivity index (χ4n) is 2.69. The highest BCUT2D eigenvalue weighted by molar-refractivity contribution is 6.03. The van der Waals surface area contributed by atoms with E-state index in [1.165, 1.54) is 23.0 Å². The maximum atomic E-state index is 12.3. The highest BCUT2D eigenvalue weighted by atomic mass is 35.5. The van der Waals surface area contributed by atoms with Gasteiger partial charge in [-0.05, 0) is 32.0 Å². The van der Waals surface area contributed by atoms with Crippen molar-refractivity contribution in [1.29, 1.82) is 0 Å². The fourth-order valence-corrected chi connectivity index (χ4v) is 2.69. The van der Waals surface area contributed by atoms with Gasteiger partial charge in [-0.25, -0.2) is 18.4 Å². The number of ether oxygens (including phenoxy) is 1. The lowest BCUT2D eigenvalue weighted by Gasteiger charge is -2.19. The first-order valence-corrected chi connectivity index (χ1v) is 8.33. The standard InChI is InChI=1S/C16H20F2N6O2.ClH/c1-24-16(21-14(23-24)10-4-6-19-7-5-10)22-15(25)11-2-3-13(20-8-11)26-9-12(17)18;/h2-3,8,10,12,19H,4-7,9H2,1H3,(H,21,22,23,25);1H. The van der Waals surface area contributed by atoms with Crippen LogP contribution in [0.4, 0.5) is 14.7 Å². The summed E-state index contributed by atoms with van der Waals surface area (Å²) in [5, 5.41) is 10.4. The number of pyridine rings is 1. The Morgan fingerprint density at radius 3 is 2.78 bits per heavy atom. The molecule has 2 aromatic rings. The maximum absolute atomic E-state index is 12.3. The lowest BCUT2D eigenvalue weighted by molar-refractivity contribution is 0.0795. The van der Waals surface area contributed by atoms with E-state index in [1.54, 1.807) is 7.05 Å². The molecule has 0 radical (unpaired) electrons. The Labute approximate surface area is 161 Å². The number of aromatic nitrogens is 4. The van der Waals surface area contributed by atoms with Crippen molar-refractivity contribution in [3.8, 4) is 5.88 Å². The number of aryl methyl sites for hydroxylation is 1. The largest absolute Gasteiger partial charge is 0.472 e. The molecule has 1 saturated heterocycles. The van der Waals surface area contributed by atoms with E-state index in [9.17, 15) is 13.6 Å². The minimum atomic E-state index is -2.58. The molecule has 3 heterocycles. The van der Waals surface area contributed by atoms with Gasteiger partial charge in [-0.2, -0.15) is 10.1 Å². The van der Waals surface area contributed by atoms with Gasteiger partial charge in [0.15, 0.2) is 12.4 Å². The first kappa shape index (κ1) is 21.0. The van der Waals surface area contributed by atoms with Gasteiger partial charge in [0.2, 0.25) is 11.8 Å². The van der Waals surface area contributed by atoms with E-state index >= 15 is 0 Å². The van der Waals surface area contributed by atoms with Crippen molar-refractivity contribution in [3.05, 3.63) is 29.7 Å². The summed E-state index contributed by atoms with van der Waals surface area (Å²) in [5.74, 6) is 0.972. The number of piperidine rings is 1. The van der Waals surface area contributed by atoms with Gasteiger partial charge in [-0.15, -0.1) is 12.4 Å². The van der Waals surface area contributed by atoms with E-state index in [2.05, 4.69) is 25.7 Å². The number of hydrogen-bond donors (Lipinski definition) is 2. The second-order valence-electron chi connectivity index (χ2n) is 5.98. The van der Waals surface area contributed by atoms with E-state index in [0.29, 0.717) is 5.95 Å². The van der Waals surface area contributed by atoms with Crippen LogP contribution in [0.5, 0.6) is 5.88 Å². The molecule has 2 N–H and O–H groups in total. The van der Waals surface area contributed by atoms with E-state index in [4.69, 9.17) is 4.74 Å². The van der Waals surface area contributed by atoms with E-state index in [0.717, 1.165) is 31.8 Å². The van der Waals surface area contributed by atoms with Crippen LogP contribution in [-0.2, 0) is 7.05 Å². The number of nitrogens with one attached hydrogen (secondary N) is 2. The maximum Gasteiger partial charge on any atom is 0.272 e. The molecule has 0 bridgehead atoms. The molecule has 8 nitrogen and oxygen atoms in total. The SMILES string of the molecule is Cl.Cn1nc(C2CCNCC2)nc1NC(=O)c1ccc(OCC(F)F)nc1. The first-order chi connectivity index (χ1) is 12.5. The van der Waals surface area contributed by atoms with Gasteiger partial charge in [0, 0.05) is 25.2 Å². The number of alkyl halides is 2. The van der Waals surface area contributed by atoms with Gasteiger partial charge in [-0.3, -0.25) is 10.1 Å². The topological polar surface area (TPSA) is 94.0 Å². The van der Waals surface area contributed by atoms with Crippen molar-refractivity contribution in [2.24, 2.45) is 7.05 Å². The summed E-state index contributed by atoms with van der Waals surface area (Å²) in [6.07, 6.45) is 0.605. The Hall–Kier alpha value is -2.33. The van der Waals surface area contributed by atoms with Crippen LogP contribution in [0.3, 0.4) is 0 Å². The van der Waals surface area contributed by atoms with E-state index in [1.807, 2.05) is 0 Å². The van der Waals surface area contributed by atoms with Crippen molar-refractivity contribution >= 4 is 24.3 Å². The molecule has 3 rings (SSSR count). The van der Waals surface area contributed by atoms with Crippen LogP contribution in [-0.4, -0.2) is 51.8 Å². The van der Waals surface area contributed by atoms with Crippen LogP contribution in [0, 0.1) is 0 Å². The molecule has 0 aromatic carbocycles. The zero-order valence-corrected chi connectivity index (χ0v) is 15.5. The minimum Gasteiger partial charge on any atom is -0.472 e. The quantitative estimate of drug-likeness (QED) is 0.767. The van der Waals surface area contributed by atoms with Gasteiger partial charge in [0.05, 0.1) is 5.56 Å². The zero-order valence-electron chi connectivity index (χ0n) is 14.7. The lowest BCUT2D eigenvalue weighted by Crippen LogP contribution is -2.27. The third-order valence-corrected chi connectivity index (χ3v) is 4.06. The number of carbonyl (C=O) groups excluding carboxylic acids is 1. The average Bonchev–Trinajstić information content (AvgIpc) is 3.01. The van der Waals surface area contributed by atoms with Crippen molar-refractivity contribution in [1.82, 2.24) is 25.1 Å². The Balaban J connectivity index is 0.00000261. The summed E-state index contributed by atoms with van der Waals surface area (Å²) in [6.45, 7) is 1.11. The molecule has 1 aliphatic rings. The number of halogens is 3. The molecule has 0 spiro atoms. The summed E-state index contributed by atoms with van der Waals surface area (Å²) in [4.78, 5) is 20.6. The average molecular weight is 403 g/mol. The van der Waals surface area contributed by atoms with Crippen molar-refractivity contribution in [2.75, 3.05) is 25.0 Å². The number of amides is 1. The van der Waals surface area contributed by atoms with Crippen LogP contribution in [0.15, 0.2) is 18.3 Å². The third kappa shape index (κ3) is 5.57. The van der Waals surface area contributed by atoms with Gasteiger partial charge in [0.1, 0.15) is 0 Å². The van der Waals surface area contributed by atoms with Gasteiger partial charge in [0.25, 0.3) is 12.3 Å². The normalized spacial score (nSPS) is 14.7. The number of anilines is 1. The zero-order chi connectivity index (χ0) is 18.5. The van der Waals surface area contributed by atoms with Crippen LogP contribution < -0.4 is 15.4 Å². The number of nitrogens with zero attached hydrogens (tertiary/aromatic N) is 4. The Morgan fingerprint density at radius 2 is 2.15 bits per heavy atom. The lowest BCUT2D eigenvalue weighted by atomic mass is 9.98. The second-order valence-corrected chi connectivity index (χ2v) is 5.98. The summed E-state index contributed by atoms with van der Waals surface area (Å²) < 4.78 is 30.5. The summed E-state index contributed by atoms with van der Waals surface area (Å²) in [5.41, 5.74) is 0.265. The number of rotatable bonds is 6. The summed E-state index contributed by atoms with van der Waals surface area (Å²) in [7, 11) is 1.71. The smallest absolute Gasteiger partial charge is 0.272 e.